The lowest BCUT2D eigenvalue weighted by molar-refractivity contribution is -0.137. The standard InChI is InChI=1S/C35H32N2O8/c1-4-41-33(38)15-12-27-23(2)37-35(45-26-11-14-30-32(19-26)44-22-43-30)28(20-36)34(27)25-10-13-29(39-3)31(18-25)42-17-16-40-21-24-8-6-5-7-9-24/h5-15,18-19H,4,16-17,21-22H2,1-3H3. The van der Waals surface area contributed by atoms with Crippen LogP contribution < -0.4 is 23.7 Å². The number of carbonyl (C=O) groups is 1. The first-order valence-electron chi connectivity index (χ1n) is 14.3. The highest BCUT2D eigenvalue weighted by Gasteiger charge is 2.23. The number of nitriles is 1. The minimum atomic E-state index is -0.517. The molecule has 3 aromatic carbocycles. The van der Waals surface area contributed by atoms with E-state index < -0.39 is 5.97 Å². The Morgan fingerprint density at radius 3 is 2.62 bits per heavy atom. The van der Waals surface area contributed by atoms with E-state index in [1.807, 2.05) is 30.3 Å². The van der Waals surface area contributed by atoms with Crippen molar-refractivity contribution >= 4 is 12.0 Å². The van der Waals surface area contributed by atoms with E-state index in [4.69, 9.17) is 33.2 Å². The van der Waals surface area contributed by atoms with Crippen molar-refractivity contribution in [1.82, 2.24) is 4.98 Å². The van der Waals surface area contributed by atoms with Crippen molar-refractivity contribution in [3.8, 4) is 51.8 Å². The van der Waals surface area contributed by atoms with Gasteiger partial charge in [0.15, 0.2) is 23.0 Å². The molecule has 10 nitrogen and oxygen atoms in total. The summed E-state index contributed by atoms with van der Waals surface area (Å²) >= 11 is 0. The minimum absolute atomic E-state index is 0.0877. The summed E-state index contributed by atoms with van der Waals surface area (Å²) in [6.07, 6.45) is 2.89. The molecular formula is C35H32N2O8. The number of rotatable bonds is 13. The van der Waals surface area contributed by atoms with E-state index in [9.17, 15) is 10.1 Å². The molecule has 0 radical (unpaired) electrons. The van der Waals surface area contributed by atoms with E-state index in [1.54, 1.807) is 63.4 Å². The number of ether oxygens (including phenoxy) is 7. The van der Waals surface area contributed by atoms with Gasteiger partial charge in [-0.25, -0.2) is 9.78 Å². The van der Waals surface area contributed by atoms with Crippen LogP contribution in [0.5, 0.6) is 34.6 Å². The lowest BCUT2D eigenvalue weighted by Gasteiger charge is -2.18. The molecule has 0 saturated heterocycles. The number of aryl methyl sites for hydroxylation is 1. The maximum atomic E-state index is 12.2. The third kappa shape index (κ3) is 7.52. The lowest BCUT2D eigenvalue weighted by atomic mass is 9.94. The predicted molar refractivity (Wildman–Crippen MR) is 166 cm³/mol. The Labute approximate surface area is 261 Å². The molecule has 0 saturated carbocycles. The van der Waals surface area contributed by atoms with Crippen molar-refractivity contribution in [2.24, 2.45) is 0 Å². The zero-order chi connectivity index (χ0) is 31.6. The van der Waals surface area contributed by atoms with Gasteiger partial charge in [-0.2, -0.15) is 5.26 Å². The van der Waals surface area contributed by atoms with Gasteiger partial charge >= 0.3 is 5.97 Å². The van der Waals surface area contributed by atoms with Crippen LogP contribution in [0.4, 0.5) is 0 Å². The molecule has 1 aliphatic heterocycles. The SMILES string of the molecule is CCOC(=O)C=Cc1c(C)nc(Oc2ccc3c(c2)OCO3)c(C#N)c1-c1ccc(OC)c(OCCOCc2ccccc2)c1. The summed E-state index contributed by atoms with van der Waals surface area (Å²) in [6.45, 7) is 4.92. The molecule has 0 spiro atoms. The van der Waals surface area contributed by atoms with Gasteiger partial charge in [-0.05, 0) is 55.3 Å². The first-order chi connectivity index (χ1) is 22.0. The van der Waals surface area contributed by atoms with E-state index in [2.05, 4.69) is 11.1 Å². The van der Waals surface area contributed by atoms with Crippen molar-refractivity contribution in [2.45, 2.75) is 20.5 Å². The van der Waals surface area contributed by atoms with Gasteiger partial charge in [-0.3, -0.25) is 0 Å². The second kappa shape index (κ2) is 14.8. The molecule has 5 rings (SSSR count). The second-order valence-corrected chi connectivity index (χ2v) is 9.73. The predicted octanol–water partition coefficient (Wildman–Crippen LogP) is 6.63. The van der Waals surface area contributed by atoms with Gasteiger partial charge in [-0.1, -0.05) is 36.4 Å². The minimum Gasteiger partial charge on any atom is -0.493 e. The number of hydrogen-bond donors (Lipinski definition) is 0. The Morgan fingerprint density at radius 1 is 1.02 bits per heavy atom. The summed E-state index contributed by atoms with van der Waals surface area (Å²) in [5.74, 6) is 2.07. The topological polar surface area (TPSA) is 118 Å². The number of esters is 1. The normalized spacial score (nSPS) is 11.7. The monoisotopic (exact) mass is 608 g/mol. The summed E-state index contributed by atoms with van der Waals surface area (Å²) in [5, 5.41) is 10.4. The van der Waals surface area contributed by atoms with Gasteiger partial charge in [0.05, 0.1) is 26.9 Å². The van der Waals surface area contributed by atoms with Crippen molar-refractivity contribution < 1.29 is 38.0 Å². The zero-order valence-electron chi connectivity index (χ0n) is 25.2. The van der Waals surface area contributed by atoms with Crippen LogP contribution in [-0.2, 0) is 20.9 Å². The molecule has 2 heterocycles. The van der Waals surface area contributed by atoms with Crippen LogP contribution in [0.15, 0.2) is 72.8 Å². The molecule has 1 aromatic heterocycles. The highest BCUT2D eigenvalue weighted by molar-refractivity contribution is 5.91. The third-order valence-corrected chi connectivity index (χ3v) is 6.78. The van der Waals surface area contributed by atoms with Gasteiger partial charge in [0.2, 0.25) is 12.7 Å². The van der Waals surface area contributed by atoms with Gasteiger partial charge in [0.1, 0.15) is 24.0 Å². The quantitative estimate of drug-likeness (QED) is 0.0929. The van der Waals surface area contributed by atoms with E-state index in [0.29, 0.717) is 64.3 Å². The molecule has 1 aliphatic rings. The third-order valence-electron chi connectivity index (χ3n) is 6.78. The average molecular weight is 609 g/mol. The largest absolute Gasteiger partial charge is 0.493 e. The number of benzene rings is 3. The van der Waals surface area contributed by atoms with Gasteiger partial charge in [0.25, 0.3) is 0 Å². The van der Waals surface area contributed by atoms with E-state index in [-0.39, 0.29) is 31.5 Å². The average Bonchev–Trinajstić information content (AvgIpc) is 3.52. The molecule has 0 unspecified atom stereocenters. The molecular weight excluding hydrogens is 576 g/mol. The van der Waals surface area contributed by atoms with Crippen LogP contribution in [0, 0.1) is 18.3 Å². The van der Waals surface area contributed by atoms with Crippen LogP contribution >= 0.6 is 0 Å². The Balaban J connectivity index is 1.49. The molecule has 0 N–H and O–H groups in total. The van der Waals surface area contributed by atoms with Gasteiger partial charge in [0, 0.05) is 29.0 Å². The highest BCUT2D eigenvalue weighted by Crippen LogP contribution is 2.41. The number of carbonyl (C=O) groups excluding carboxylic acids is 1. The smallest absolute Gasteiger partial charge is 0.330 e. The van der Waals surface area contributed by atoms with E-state index >= 15 is 0 Å². The summed E-state index contributed by atoms with van der Waals surface area (Å²) < 4.78 is 39.5. The Bertz CT molecular complexity index is 1730. The van der Waals surface area contributed by atoms with Crippen molar-refractivity contribution in [2.75, 3.05) is 33.7 Å². The van der Waals surface area contributed by atoms with E-state index in [0.717, 1.165) is 5.56 Å². The Kier molecular flexibility index (Phi) is 10.1. The number of fused-ring (bicyclic) bond motifs is 1. The summed E-state index contributed by atoms with van der Waals surface area (Å²) in [5.41, 5.74) is 3.40. The molecule has 0 fully saturated rings. The number of methoxy groups -OCH3 is 1. The first kappa shape index (κ1) is 30.9. The second-order valence-electron chi connectivity index (χ2n) is 9.73. The van der Waals surface area contributed by atoms with Crippen LogP contribution in [0.3, 0.4) is 0 Å². The molecule has 0 atom stereocenters. The molecule has 0 bridgehead atoms. The molecule has 10 heteroatoms. The summed E-state index contributed by atoms with van der Waals surface area (Å²) in [7, 11) is 1.55. The lowest BCUT2D eigenvalue weighted by Crippen LogP contribution is -2.08. The molecule has 0 aliphatic carbocycles. The number of nitrogens with zero attached hydrogens (tertiary/aromatic N) is 2. The maximum absolute atomic E-state index is 12.2. The fraction of sp³-hybridized carbons (Fsp3) is 0.229. The zero-order valence-corrected chi connectivity index (χ0v) is 25.2. The van der Waals surface area contributed by atoms with Crippen LogP contribution in [0.1, 0.15) is 29.3 Å². The van der Waals surface area contributed by atoms with Crippen molar-refractivity contribution in [1.29, 1.82) is 5.26 Å². The molecule has 4 aromatic rings. The maximum Gasteiger partial charge on any atom is 0.330 e. The first-order valence-corrected chi connectivity index (χ1v) is 14.3. The summed E-state index contributed by atoms with van der Waals surface area (Å²) in [6, 6.07) is 22.6. The molecule has 0 amide bonds. The van der Waals surface area contributed by atoms with Gasteiger partial charge in [-0.15, -0.1) is 0 Å². The molecule has 230 valence electrons. The number of aromatic nitrogens is 1. The van der Waals surface area contributed by atoms with Gasteiger partial charge < -0.3 is 33.2 Å². The summed E-state index contributed by atoms with van der Waals surface area (Å²) in [4.78, 5) is 16.8. The Hall–Kier alpha value is -5.53. The van der Waals surface area contributed by atoms with Crippen molar-refractivity contribution in [3.63, 3.8) is 0 Å². The van der Waals surface area contributed by atoms with E-state index in [1.165, 1.54) is 6.08 Å². The van der Waals surface area contributed by atoms with Crippen LogP contribution in [0.25, 0.3) is 17.2 Å². The fourth-order valence-corrected chi connectivity index (χ4v) is 4.69. The molecule has 45 heavy (non-hydrogen) atoms. The number of hydrogen-bond acceptors (Lipinski definition) is 10. The van der Waals surface area contributed by atoms with Crippen LogP contribution in [-0.4, -0.2) is 44.7 Å². The van der Waals surface area contributed by atoms with Crippen LogP contribution in [0.2, 0.25) is 0 Å². The van der Waals surface area contributed by atoms with Crippen molar-refractivity contribution in [3.05, 3.63) is 95.2 Å². The highest BCUT2D eigenvalue weighted by atomic mass is 16.7. The fourth-order valence-electron chi connectivity index (χ4n) is 4.69. The number of pyridine rings is 1. The Morgan fingerprint density at radius 2 is 1.84 bits per heavy atom.